The second kappa shape index (κ2) is 11.1. The first-order valence-corrected chi connectivity index (χ1v) is 13.3. The van der Waals surface area contributed by atoms with E-state index in [4.69, 9.17) is 25.8 Å². The molecule has 1 fully saturated rings. The van der Waals surface area contributed by atoms with Gasteiger partial charge in [0.2, 0.25) is 5.91 Å². The quantitative estimate of drug-likeness (QED) is 0.339. The molecule has 3 aromatic rings. The van der Waals surface area contributed by atoms with E-state index in [9.17, 15) is 14.3 Å². The maximum absolute atomic E-state index is 15.2. The Balaban J connectivity index is 1.32. The number of hydrogen-bond donors (Lipinski definition) is 2. The molecular formula is C30H30ClF2NO5. The van der Waals surface area contributed by atoms with E-state index in [1.54, 1.807) is 19.2 Å². The molecule has 6 nitrogen and oxygen atoms in total. The highest BCUT2D eigenvalue weighted by Crippen LogP contribution is 2.46. The van der Waals surface area contributed by atoms with Gasteiger partial charge in [0.25, 0.3) is 0 Å². The van der Waals surface area contributed by atoms with Crippen LogP contribution in [0.15, 0.2) is 54.6 Å². The van der Waals surface area contributed by atoms with Crippen molar-refractivity contribution in [3.8, 4) is 11.5 Å². The molecule has 0 atom stereocenters. The maximum Gasteiger partial charge on any atom is 0.224 e. The number of halogens is 3. The second-order valence-electron chi connectivity index (χ2n) is 10.2. The third kappa shape index (κ3) is 5.88. The number of methoxy groups -OCH3 is 1. The number of aliphatic hydroxyl groups is 1. The zero-order valence-corrected chi connectivity index (χ0v) is 22.3. The van der Waals surface area contributed by atoms with Gasteiger partial charge >= 0.3 is 0 Å². The summed E-state index contributed by atoms with van der Waals surface area (Å²) in [4.78, 5) is 11.7. The van der Waals surface area contributed by atoms with Crippen molar-refractivity contribution >= 4 is 23.2 Å². The number of carbonyl (C=O) groups excluding carboxylic acids is 1. The average Bonchev–Trinajstić information content (AvgIpc) is 2.93. The van der Waals surface area contributed by atoms with Crippen molar-refractivity contribution in [3.05, 3.63) is 87.9 Å². The molecule has 0 bridgehead atoms. The molecule has 2 N–H and O–H groups in total. The molecule has 0 radical (unpaired) electrons. The predicted octanol–water partition coefficient (Wildman–Crippen LogP) is 6.31. The first-order valence-electron chi connectivity index (χ1n) is 12.9. The Morgan fingerprint density at radius 2 is 1.72 bits per heavy atom. The van der Waals surface area contributed by atoms with Crippen LogP contribution >= 0.6 is 11.6 Å². The van der Waals surface area contributed by atoms with Gasteiger partial charge < -0.3 is 24.6 Å². The lowest BCUT2D eigenvalue weighted by Gasteiger charge is -2.44. The highest BCUT2D eigenvalue weighted by atomic mass is 35.5. The van der Waals surface area contributed by atoms with Crippen molar-refractivity contribution in [1.82, 2.24) is 0 Å². The molecule has 39 heavy (non-hydrogen) atoms. The van der Waals surface area contributed by atoms with Crippen LogP contribution in [0.4, 0.5) is 14.5 Å². The molecule has 0 unspecified atom stereocenters. The number of amides is 1. The number of rotatable bonds is 8. The Hall–Kier alpha value is -3.20. The first kappa shape index (κ1) is 27.4. The van der Waals surface area contributed by atoms with E-state index in [0.29, 0.717) is 41.2 Å². The molecule has 9 heteroatoms. The van der Waals surface area contributed by atoms with Crippen LogP contribution in [-0.2, 0) is 28.2 Å². The molecule has 0 saturated heterocycles. The van der Waals surface area contributed by atoms with Crippen LogP contribution in [-0.4, -0.2) is 30.3 Å². The van der Waals surface area contributed by atoms with Gasteiger partial charge in [-0.25, -0.2) is 8.78 Å². The molecule has 2 aliphatic rings. The Bertz CT molecular complexity index is 1360. The summed E-state index contributed by atoms with van der Waals surface area (Å²) in [5.74, 6) is -0.0738. The third-order valence-corrected chi connectivity index (χ3v) is 7.90. The number of carbonyl (C=O) groups is 1. The van der Waals surface area contributed by atoms with Crippen LogP contribution in [0.25, 0.3) is 0 Å². The Morgan fingerprint density at radius 3 is 2.41 bits per heavy atom. The van der Waals surface area contributed by atoms with E-state index < -0.39 is 22.8 Å². The molecule has 5 rings (SSSR count). The van der Waals surface area contributed by atoms with E-state index in [1.807, 2.05) is 24.3 Å². The molecule has 0 spiro atoms. The van der Waals surface area contributed by atoms with Crippen molar-refractivity contribution < 1.29 is 32.9 Å². The summed E-state index contributed by atoms with van der Waals surface area (Å²) in [5, 5.41) is 14.3. The lowest BCUT2D eigenvalue weighted by atomic mass is 9.72. The SMILES string of the molecule is COc1ccc(COC2(c3ccc(Cl)cc3F)CCC(O)(COc3ccc(F)c4c3CCC(=O)N4)CC2)cc1. The van der Waals surface area contributed by atoms with Crippen molar-refractivity contribution in [3.63, 3.8) is 0 Å². The Kier molecular flexibility index (Phi) is 7.80. The van der Waals surface area contributed by atoms with Crippen molar-refractivity contribution in [2.75, 3.05) is 19.0 Å². The summed E-state index contributed by atoms with van der Waals surface area (Å²) >= 11 is 6.02. The largest absolute Gasteiger partial charge is 0.497 e. The zero-order chi connectivity index (χ0) is 27.6. The minimum absolute atomic E-state index is 0.0311. The van der Waals surface area contributed by atoms with Crippen LogP contribution < -0.4 is 14.8 Å². The molecule has 1 saturated carbocycles. The fraction of sp³-hybridized carbons (Fsp3) is 0.367. The monoisotopic (exact) mass is 557 g/mol. The molecule has 206 valence electrons. The normalized spacial score (nSPS) is 22.6. The highest BCUT2D eigenvalue weighted by molar-refractivity contribution is 6.30. The third-order valence-electron chi connectivity index (χ3n) is 7.67. The van der Waals surface area contributed by atoms with Crippen LogP contribution in [0, 0.1) is 11.6 Å². The number of benzene rings is 3. The summed E-state index contributed by atoms with van der Waals surface area (Å²) in [5.41, 5.74) is -0.165. The topological polar surface area (TPSA) is 77.0 Å². The van der Waals surface area contributed by atoms with Gasteiger partial charge in [-0.05, 0) is 74.1 Å². The van der Waals surface area contributed by atoms with E-state index in [2.05, 4.69) is 5.32 Å². The van der Waals surface area contributed by atoms with Crippen LogP contribution in [0.5, 0.6) is 11.5 Å². The molecule has 0 aromatic heterocycles. The lowest BCUT2D eigenvalue weighted by molar-refractivity contribution is -0.139. The van der Waals surface area contributed by atoms with Gasteiger partial charge in [-0.2, -0.15) is 0 Å². The number of anilines is 1. The number of ether oxygens (including phenoxy) is 3. The summed E-state index contributed by atoms with van der Waals surface area (Å²) in [6, 6.07) is 14.8. The fourth-order valence-corrected chi connectivity index (χ4v) is 5.49. The molecule has 1 amide bonds. The average molecular weight is 558 g/mol. The summed E-state index contributed by atoms with van der Waals surface area (Å²) in [7, 11) is 1.60. The Morgan fingerprint density at radius 1 is 0.974 bits per heavy atom. The van der Waals surface area contributed by atoms with E-state index >= 15 is 4.39 Å². The van der Waals surface area contributed by atoms with Crippen LogP contribution in [0.1, 0.15) is 48.8 Å². The summed E-state index contributed by atoms with van der Waals surface area (Å²) < 4.78 is 47.1. The summed E-state index contributed by atoms with van der Waals surface area (Å²) in [6.45, 7) is 0.213. The number of fused-ring (bicyclic) bond motifs is 1. The predicted molar refractivity (Wildman–Crippen MR) is 143 cm³/mol. The smallest absolute Gasteiger partial charge is 0.224 e. The van der Waals surface area contributed by atoms with E-state index in [-0.39, 0.29) is 44.1 Å². The zero-order valence-electron chi connectivity index (χ0n) is 21.6. The second-order valence-corrected chi connectivity index (χ2v) is 10.7. The minimum atomic E-state index is -1.20. The van der Waals surface area contributed by atoms with E-state index in [0.717, 1.165) is 11.3 Å². The summed E-state index contributed by atoms with van der Waals surface area (Å²) in [6.07, 6.45) is 1.86. The van der Waals surface area contributed by atoms with Gasteiger partial charge in [0.1, 0.15) is 29.7 Å². The highest BCUT2D eigenvalue weighted by Gasteiger charge is 2.45. The standard InChI is InChI=1S/C30H30ClF2NO5/c1-37-21-5-2-19(3-6-21)17-39-30(23-8-4-20(31)16-25(23)33)14-12-29(36,13-15-30)18-38-26-10-9-24(32)28-22(26)7-11-27(35)34-28/h2-6,8-10,16,36H,7,11-15,17-18H2,1H3,(H,34,35). The van der Waals surface area contributed by atoms with Gasteiger partial charge in [-0.1, -0.05) is 29.8 Å². The van der Waals surface area contributed by atoms with Gasteiger partial charge in [0.05, 0.1) is 30.6 Å². The molecule has 1 aliphatic carbocycles. The van der Waals surface area contributed by atoms with Gasteiger partial charge in [-0.3, -0.25) is 4.79 Å². The van der Waals surface area contributed by atoms with E-state index in [1.165, 1.54) is 18.2 Å². The molecule has 1 heterocycles. The fourth-order valence-electron chi connectivity index (χ4n) is 5.33. The van der Waals surface area contributed by atoms with Crippen molar-refractivity contribution in [1.29, 1.82) is 0 Å². The minimum Gasteiger partial charge on any atom is -0.497 e. The molecular weight excluding hydrogens is 528 g/mol. The lowest BCUT2D eigenvalue weighted by Crippen LogP contribution is -2.46. The maximum atomic E-state index is 15.2. The van der Waals surface area contributed by atoms with Crippen molar-refractivity contribution in [2.24, 2.45) is 0 Å². The van der Waals surface area contributed by atoms with Gasteiger partial charge in [0, 0.05) is 22.6 Å². The first-order chi connectivity index (χ1) is 18.7. The van der Waals surface area contributed by atoms with Gasteiger partial charge in [0.15, 0.2) is 0 Å². The Labute approximate surface area is 230 Å². The molecule has 3 aromatic carbocycles. The van der Waals surface area contributed by atoms with Crippen LogP contribution in [0.2, 0.25) is 5.02 Å². The van der Waals surface area contributed by atoms with Crippen LogP contribution in [0.3, 0.4) is 0 Å². The number of hydrogen-bond acceptors (Lipinski definition) is 5. The van der Waals surface area contributed by atoms with Crippen molar-refractivity contribution in [2.45, 2.75) is 56.3 Å². The van der Waals surface area contributed by atoms with Gasteiger partial charge in [-0.15, -0.1) is 0 Å². The number of nitrogens with one attached hydrogen (secondary N) is 1. The molecule has 1 aliphatic heterocycles.